The molecular weight excluding hydrogens is 344 g/mol. The Bertz CT molecular complexity index is 890. The Balaban J connectivity index is 1.63. The number of nitrogens with zero attached hydrogens (tertiary/aromatic N) is 2. The molecule has 0 atom stereocenters. The van der Waals surface area contributed by atoms with Crippen LogP contribution >= 0.6 is 11.3 Å². The molecule has 2 amide bonds. The number of pyridine rings is 1. The maximum Gasteiger partial charge on any atom is 0.325 e. The lowest BCUT2D eigenvalue weighted by atomic mass is 10.0. The average Bonchev–Trinajstić information content (AvgIpc) is 3.06. The number of aryl methyl sites for hydroxylation is 1. The number of urea groups is 1. The average molecular weight is 366 g/mol. The Morgan fingerprint density at radius 1 is 1.15 bits per heavy atom. The van der Waals surface area contributed by atoms with Gasteiger partial charge in [0.1, 0.15) is 0 Å². The van der Waals surface area contributed by atoms with Crippen LogP contribution in [0.25, 0.3) is 10.4 Å². The van der Waals surface area contributed by atoms with E-state index in [4.69, 9.17) is 0 Å². The summed E-state index contributed by atoms with van der Waals surface area (Å²) in [5.74, 6) is 0.607. The van der Waals surface area contributed by atoms with Crippen molar-refractivity contribution in [2.75, 3.05) is 10.6 Å². The van der Waals surface area contributed by atoms with Crippen LogP contribution in [0.15, 0.2) is 48.9 Å². The summed E-state index contributed by atoms with van der Waals surface area (Å²) in [7, 11) is 0. The highest BCUT2D eigenvalue weighted by atomic mass is 32.1. The second-order valence-electron chi connectivity index (χ2n) is 6.59. The highest BCUT2D eigenvalue weighted by Gasteiger charge is 2.10. The Hall–Kier alpha value is -2.73. The second-order valence-corrected chi connectivity index (χ2v) is 7.62. The minimum Gasteiger partial charge on any atom is -0.307 e. The largest absolute Gasteiger partial charge is 0.325 e. The summed E-state index contributed by atoms with van der Waals surface area (Å²) in [6.45, 7) is 6.40. The van der Waals surface area contributed by atoms with Gasteiger partial charge < -0.3 is 5.32 Å². The van der Waals surface area contributed by atoms with Crippen molar-refractivity contribution in [1.29, 1.82) is 0 Å². The van der Waals surface area contributed by atoms with E-state index in [0.717, 1.165) is 28.1 Å². The van der Waals surface area contributed by atoms with E-state index < -0.39 is 0 Å². The van der Waals surface area contributed by atoms with Gasteiger partial charge in [-0.3, -0.25) is 10.3 Å². The first-order valence-electron chi connectivity index (χ1n) is 8.55. The molecular formula is C20H22N4OS. The zero-order chi connectivity index (χ0) is 18.5. The van der Waals surface area contributed by atoms with E-state index in [1.165, 1.54) is 16.9 Å². The van der Waals surface area contributed by atoms with Gasteiger partial charge in [0.15, 0.2) is 5.13 Å². The number of nitrogens with one attached hydrogen (secondary N) is 2. The van der Waals surface area contributed by atoms with Gasteiger partial charge in [0.05, 0.1) is 4.88 Å². The highest BCUT2D eigenvalue weighted by Crippen LogP contribution is 2.28. The summed E-state index contributed by atoms with van der Waals surface area (Å²) in [5.41, 5.74) is 4.17. The summed E-state index contributed by atoms with van der Waals surface area (Å²) in [6, 6.07) is 9.68. The Kier molecular flexibility index (Phi) is 5.63. The number of hydrogen-bond donors (Lipinski definition) is 2. The number of hydrogen-bond acceptors (Lipinski definition) is 4. The number of carbonyl (C=O) groups excluding carboxylic acids is 1. The number of benzene rings is 1. The standard InChI is InChI=1S/C20H22N4OS/c1-13(2)10-15-4-5-17(14(3)11-15)23-19(25)24-20-22-12-18(26-20)16-6-8-21-9-7-16/h4-9,11-13H,10H2,1-3H3,(H2,22,23,24,25). The van der Waals surface area contributed by atoms with Crippen molar-refractivity contribution < 1.29 is 4.79 Å². The lowest BCUT2D eigenvalue weighted by Crippen LogP contribution is -2.19. The van der Waals surface area contributed by atoms with Crippen molar-refractivity contribution in [3.63, 3.8) is 0 Å². The van der Waals surface area contributed by atoms with Gasteiger partial charge in [0, 0.05) is 24.3 Å². The van der Waals surface area contributed by atoms with Crippen LogP contribution in [0.2, 0.25) is 0 Å². The number of thiazole rings is 1. The number of carbonyl (C=O) groups is 1. The smallest absolute Gasteiger partial charge is 0.307 e. The number of aromatic nitrogens is 2. The van der Waals surface area contributed by atoms with Crippen LogP contribution in [-0.2, 0) is 6.42 Å². The van der Waals surface area contributed by atoms with Crippen LogP contribution in [0.5, 0.6) is 0 Å². The lowest BCUT2D eigenvalue weighted by molar-refractivity contribution is 0.262. The number of rotatable bonds is 5. The Morgan fingerprint density at radius 2 is 1.92 bits per heavy atom. The fourth-order valence-corrected chi connectivity index (χ4v) is 3.51. The van der Waals surface area contributed by atoms with Crippen LogP contribution in [0, 0.1) is 12.8 Å². The van der Waals surface area contributed by atoms with E-state index in [9.17, 15) is 4.79 Å². The van der Waals surface area contributed by atoms with Crippen LogP contribution < -0.4 is 10.6 Å². The first kappa shape index (κ1) is 18.1. The summed E-state index contributed by atoms with van der Waals surface area (Å²) in [5, 5.41) is 6.25. The zero-order valence-electron chi connectivity index (χ0n) is 15.1. The molecule has 3 aromatic rings. The fraction of sp³-hybridized carbons (Fsp3) is 0.250. The molecule has 134 valence electrons. The second kappa shape index (κ2) is 8.10. The van der Waals surface area contributed by atoms with E-state index in [0.29, 0.717) is 11.0 Å². The van der Waals surface area contributed by atoms with E-state index >= 15 is 0 Å². The van der Waals surface area contributed by atoms with Crippen molar-refractivity contribution in [1.82, 2.24) is 9.97 Å². The molecule has 1 aromatic carbocycles. The Morgan fingerprint density at radius 3 is 2.62 bits per heavy atom. The summed E-state index contributed by atoms with van der Waals surface area (Å²) < 4.78 is 0. The summed E-state index contributed by atoms with van der Waals surface area (Å²) >= 11 is 1.43. The SMILES string of the molecule is Cc1cc(CC(C)C)ccc1NC(=O)Nc1ncc(-c2ccncc2)s1. The third-order valence-electron chi connectivity index (χ3n) is 3.87. The van der Waals surface area contributed by atoms with Crippen LogP contribution in [0.1, 0.15) is 25.0 Å². The van der Waals surface area contributed by atoms with Crippen LogP contribution in [0.4, 0.5) is 15.6 Å². The Labute approximate surface area is 157 Å². The van der Waals surface area contributed by atoms with Crippen LogP contribution in [-0.4, -0.2) is 16.0 Å². The van der Waals surface area contributed by atoms with Gasteiger partial charge in [-0.15, -0.1) is 0 Å². The quantitative estimate of drug-likeness (QED) is 0.639. The molecule has 2 N–H and O–H groups in total. The van der Waals surface area contributed by atoms with E-state index in [2.05, 4.69) is 46.6 Å². The van der Waals surface area contributed by atoms with Crippen molar-refractivity contribution in [3.8, 4) is 10.4 Å². The van der Waals surface area contributed by atoms with E-state index in [-0.39, 0.29) is 6.03 Å². The normalized spacial score (nSPS) is 10.8. The van der Waals surface area contributed by atoms with Gasteiger partial charge in [-0.1, -0.05) is 37.3 Å². The van der Waals surface area contributed by atoms with Gasteiger partial charge in [0.2, 0.25) is 0 Å². The molecule has 0 aliphatic rings. The molecule has 0 aliphatic carbocycles. The maximum atomic E-state index is 12.3. The molecule has 5 nitrogen and oxygen atoms in total. The molecule has 2 heterocycles. The number of amides is 2. The molecule has 0 aliphatic heterocycles. The predicted molar refractivity (Wildman–Crippen MR) is 108 cm³/mol. The van der Waals surface area contributed by atoms with Crippen molar-refractivity contribution >= 4 is 28.2 Å². The molecule has 2 aromatic heterocycles. The molecule has 0 bridgehead atoms. The molecule has 0 unspecified atom stereocenters. The minimum absolute atomic E-state index is 0.291. The summed E-state index contributed by atoms with van der Waals surface area (Å²) in [4.78, 5) is 21.5. The minimum atomic E-state index is -0.291. The molecule has 0 saturated carbocycles. The zero-order valence-corrected chi connectivity index (χ0v) is 15.9. The predicted octanol–water partition coefficient (Wildman–Crippen LogP) is 5.36. The van der Waals surface area contributed by atoms with Gasteiger partial charge in [0.25, 0.3) is 0 Å². The third kappa shape index (κ3) is 4.67. The van der Waals surface area contributed by atoms with Crippen molar-refractivity contribution in [2.45, 2.75) is 27.2 Å². The van der Waals surface area contributed by atoms with Gasteiger partial charge in [-0.25, -0.2) is 9.78 Å². The lowest BCUT2D eigenvalue weighted by Gasteiger charge is -2.11. The van der Waals surface area contributed by atoms with Crippen molar-refractivity contribution in [3.05, 3.63) is 60.0 Å². The molecule has 0 saturated heterocycles. The van der Waals surface area contributed by atoms with E-state index in [1.54, 1.807) is 18.6 Å². The van der Waals surface area contributed by atoms with Gasteiger partial charge in [-0.05, 0) is 54.2 Å². The summed E-state index contributed by atoms with van der Waals surface area (Å²) in [6.07, 6.45) is 6.26. The third-order valence-corrected chi connectivity index (χ3v) is 4.84. The topological polar surface area (TPSA) is 66.9 Å². The molecule has 6 heteroatoms. The van der Waals surface area contributed by atoms with E-state index in [1.807, 2.05) is 25.1 Å². The monoisotopic (exact) mass is 366 g/mol. The van der Waals surface area contributed by atoms with Crippen LogP contribution in [0.3, 0.4) is 0 Å². The molecule has 0 radical (unpaired) electrons. The first-order chi connectivity index (χ1) is 12.5. The molecule has 0 spiro atoms. The van der Waals surface area contributed by atoms with Gasteiger partial charge in [-0.2, -0.15) is 0 Å². The fourth-order valence-electron chi connectivity index (χ4n) is 2.70. The molecule has 3 rings (SSSR count). The maximum absolute atomic E-state index is 12.3. The number of anilines is 2. The van der Waals surface area contributed by atoms with Crippen molar-refractivity contribution in [2.24, 2.45) is 5.92 Å². The first-order valence-corrected chi connectivity index (χ1v) is 9.36. The van der Waals surface area contributed by atoms with Gasteiger partial charge >= 0.3 is 6.03 Å². The molecule has 0 fully saturated rings. The highest BCUT2D eigenvalue weighted by molar-refractivity contribution is 7.19. The molecule has 26 heavy (non-hydrogen) atoms.